The summed E-state index contributed by atoms with van der Waals surface area (Å²) in [4.78, 5) is 6.98. The molecule has 2 saturated heterocycles. The van der Waals surface area contributed by atoms with Gasteiger partial charge in [0.25, 0.3) is 0 Å². The third kappa shape index (κ3) is 7.28. The van der Waals surface area contributed by atoms with Gasteiger partial charge in [-0.25, -0.2) is 0 Å². The Morgan fingerprint density at radius 3 is 2.59 bits per heavy atom. The van der Waals surface area contributed by atoms with Crippen LogP contribution in [-0.2, 0) is 9.47 Å². The van der Waals surface area contributed by atoms with E-state index in [1.807, 2.05) is 7.05 Å². The molecule has 29 heavy (non-hydrogen) atoms. The molecule has 1 aromatic carbocycles. The van der Waals surface area contributed by atoms with Crippen LogP contribution >= 0.6 is 0 Å². The summed E-state index contributed by atoms with van der Waals surface area (Å²) in [5.74, 6) is 0.908. The normalized spacial score (nSPS) is 21.1. The first-order chi connectivity index (χ1) is 14.3. The standard InChI is InChI=1S/C23H38N4O2/c1-19(20-7-4-3-5-8-20)27-14-9-21(10-15-27)26-23(24-2)25-13-6-16-29-22-11-17-28-18-12-22/h3-5,7-8,19,21-22H,6,9-18H2,1-2H3,(H2,24,25,26). The van der Waals surface area contributed by atoms with Crippen LogP contribution in [0.5, 0.6) is 0 Å². The minimum atomic E-state index is 0.379. The average molecular weight is 403 g/mol. The van der Waals surface area contributed by atoms with Gasteiger partial charge in [0.15, 0.2) is 5.96 Å². The summed E-state index contributed by atoms with van der Waals surface area (Å²) in [6.07, 6.45) is 5.71. The van der Waals surface area contributed by atoms with E-state index in [-0.39, 0.29) is 0 Å². The maximum Gasteiger partial charge on any atom is 0.191 e. The first kappa shape index (κ1) is 22.1. The second-order valence-corrected chi connectivity index (χ2v) is 8.08. The van der Waals surface area contributed by atoms with E-state index in [9.17, 15) is 0 Å². The summed E-state index contributed by atoms with van der Waals surface area (Å²) >= 11 is 0. The van der Waals surface area contributed by atoms with Crippen molar-refractivity contribution in [1.82, 2.24) is 15.5 Å². The molecule has 162 valence electrons. The van der Waals surface area contributed by atoms with E-state index < -0.39 is 0 Å². The predicted octanol–water partition coefficient (Wildman–Crippen LogP) is 2.96. The summed E-state index contributed by atoms with van der Waals surface area (Å²) in [7, 11) is 1.85. The van der Waals surface area contributed by atoms with Crippen molar-refractivity contribution in [2.75, 3.05) is 46.5 Å². The van der Waals surface area contributed by atoms with Crippen molar-refractivity contribution < 1.29 is 9.47 Å². The van der Waals surface area contributed by atoms with Crippen LogP contribution in [-0.4, -0.2) is 69.5 Å². The lowest BCUT2D eigenvalue weighted by Gasteiger charge is -2.37. The molecule has 3 rings (SSSR count). The largest absolute Gasteiger partial charge is 0.381 e. The molecule has 6 heteroatoms. The number of benzene rings is 1. The number of aliphatic imine (C=N–C) groups is 1. The second-order valence-electron chi connectivity index (χ2n) is 8.08. The molecule has 1 unspecified atom stereocenters. The van der Waals surface area contributed by atoms with Gasteiger partial charge < -0.3 is 20.1 Å². The number of piperidine rings is 1. The maximum absolute atomic E-state index is 5.93. The summed E-state index contributed by atoms with van der Waals surface area (Å²) < 4.78 is 11.3. The molecular formula is C23H38N4O2. The maximum atomic E-state index is 5.93. The predicted molar refractivity (Wildman–Crippen MR) is 118 cm³/mol. The van der Waals surface area contributed by atoms with Gasteiger partial charge in [0.1, 0.15) is 0 Å². The lowest BCUT2D eigenvalue weighted by Crippen LogP contribution is -2.49. The van der Waals surface area contributed by atoms with Crippen LogP contribution in [0.4, 0.5) is 0 Å². The SMILES string of the molecule is CN=C(NCCCOC1CCOCC1)NC1CCN(C(C)c2ccccc2)CC1. The van der Waals surface area contributed by atoms with Crippen LogP contribution in [0.2, 0.25) is 0 Å². The number of hydrogen-bond acceptors (Lipinski definition) is 4. The highest BCUT2D eigenvalue weighted by atomic mass is 16.5. The zero-order valence-electron chi connectivity index (χ0n) is 18.1. The minimum absolute atomic E-state index is 0.379. The molecule has 6 nitrogen and oxygen atoms in total. The van der Waals surface area contributed by atoms with Gasteiger partial charge in [-0.2, -0.15) is 0 Å². The van der Waals surface area contributed by atoms with Crippen LogP contribution in [0.25, 0.3) is 0 Å². The first-order valence-electron chi connectivity index (χ1n) is 11.2. The van der Waals surface area contributed by atoms with Gasteiger partial charge in [-0.3, -0.25) is 9.89 Å². The average Bonchev–Trinajstić information content (AvgIpc) is 2.79. The molecule has 0 saturated carbocycles. The van der Waals surface area contributed by atoms with Gasteiger partial charge in [-0.15, -0.1) is 0 Å². The monoisotopic (exact) mass is 402 g/mol. The summed E-state index contributed by atoms with van der Waals surface area (Å²) in [5.41, 5.74) is 1.40. The molecule has 0 amide bonds. The van der Waals surface area contributed by atoms with Gasteiger partial charge in [-0.05, 0) is 44.6 Å². The number of hydrogen-bond donors (Lipinski definition) is 2. The molecule has 2 fully saturated rings. The topological polar surface area (TPSA) is 58.1 Å². The quantitative estimate of drug-likeness (QED) is 0.398. The molecule has 0 aromatic heterocycles. The van der Waals surface area contributed by atoms with Crippen molar-refractivity contribution in [2.45, 2.75) is 57.2 Å². The number of guanidine groups is 1. The number of likely N-dealkylation sites (tertiary alicyclic amines) is 1. The Balaban J connectivity index is 1.30. The Morgan fingerprint density at radius 2 is 1.90 bits per heavy atom. The van der Waals surface area contributed by atoms with E-state index in [4.69, 9.17) is 9.47 Å². The zero-order chi connectivity index (χ0) is 20.3. The van der Waals surface area contributed by atoms with E-state index in [0.29, 0.717) is 18.2 Å². The van der Waals surface area contributed by atoms with E-state index in [0.717, 1.165) is 77.5 Å². The van der Waals surface area contributed by atoms with Gasteiger partial charge in [-0.1, -0.05) is 30.3 Å². The van der Waals surface area contributed by atoms with E-state index >= 15 is 0 Å². The molecule has 1 aromatic rings. The van der Waals surface area contributed by atoms with Gasteiger partial charge in [0.2, 0.25) is 0 Å². The molecule has 1 atom stereocenters. The first-order valence-corrected chi connectivity index (χ1v) is 11.2. The molecule has 2 aliphatic rings. The van der Waals surface area contributed by atoms with E-state index in [1.54, 1.807) is 0 Å². The Bertz CT molecular complexity index is 596. The Morgan fingerprint density at radius 1 is 1.17 bits per heavy atom. The molecule has 2 heterocycles. The fourth-order valence-corrected chi connectivity index (χ4v) is 4.13. The van der Waals surface area contributed by atoms with E-state index in [2.05, 4.69) is 57.8 Å². The second kappa shape index (κ2) is 12.2. The van der Waals surface area contributed by atoms with Crippen molar-refractivity contribution in [1.29, 1.82) is 0 Å². The third-order valence-corrected chi connectivity index (χ3v) is 6.06. The highest BCUT2D eigenvalue weighted by Gasteiger charge is 2.24. The van der Waals surface area contributed by atoms with Crippen molar-refractivity contribution in [3.8, 4) is 0 Å². The lowest BCUT2D eigenvalue weighted by molar-refractivity contribution is -0.0320. The minimum Gasteiger partial charge on any atom is -0.381 e. The smallest absolute Gasteiger partial charge is 0.191 e. The van der Waals surface area contributed by atoms with Crippen LogP contribution in [0.1, 0.15) is 50.6 Å². The number of ether oxygens (including phenoxy) is 2. The molecular weight excluding hydrogens is 364 g/mol. The number of nitrogens with zero attached hydrogens (tertiary/aromatic N) is 2. The lowest BCUT2D eigenvalue weighted by atomic mass is 10.0. The Labute approximate surface area is 176 Å². The van der Waals surface area contributed by atoms with Gasteiger partial charge in [0, 0.05) is 58.6 Å². The molecule has 2 N–H and O–H groups in total. The summed E-state index contributed by atoms with van der Waals surface area (Å²) in [6, 6.07) is 11.8. The molecule has 0 radical (unpaired) electrons. The number of nitrogens with one attached hydrogen (secondary N) is 2. The zero-order valence-corrected chi connectivity index (χ0v) is 18.1. The fraction of sp³-hybridized carbons (Fsp3) is 0.696. The fourth-order valence-electron chi connectivity index (χ4n) is 4.13. The Hall–Kier alpha value is -1.63. The summed E-state index contributed by atoms with van der Waals surface area (Å²) in [5, 5.41) is 7.03. The third-order valence-electron chi connectivity index (χ3n) is 6.06. The van der Waals surface area contributed by atoms with E-state index in [1.165, 1.54) is 5.56 Å². The van der Waals surface area contributed by atoms with Crippen LogP contribution in [0, 0.1) is 0 Å². The van der Waals surface area contributed by atoms with Crippen molar-refractivity contribution >= 4 is 5.96 Å². The number of rotatable bonds is 8. The highest BCUT2D eigenvalue weighted by molar-refractivity contribution is 5.79. The Kier molecular flexibility index (Phi) is 9.25. The van der Waals surface area contributed by atoms with Crippen LogP contribution in [0.15, 0.2) is 35.3 Å². The van der Waals surface area contributed by atoms with Crippen molar-refractivity contribution in [3.05, 3.63) is 35.9 Å². The molecule has 0 bridgehead atoms. The van der Waals surface area contributed by atoms with Gasteiger partial charge >= 0.3 is 0 Å². The van der Waals surface area contributed by atoms with Crippen LogP contribution < -0.4 is 10.6 Å². The van der Waals surface area contributed by atoms with Gasteiger partial charge in [0.05, 0.1) is 6.10 Å². The van der Waals surface area contributed by atoms with Crippen LogP contribution in [0.3, 0.4) is 0 Å². The van der Waals surface area contributed by atoms with Crippen molar-refractivity contribution in [3.63, 3.8) is 0 Å². The molecule has 2 aliphatic heterocycles. The molecule has 0 spiro atoms. The van der Waals surface area contributed by atoms with Crippen molar-refractivity contribution in [2.24, 2.45) is 4.99 Å². The highest BCUT2D eigenvalue weighted by Crippen LogP contribution is 2.23. The molecule has 0 aliphatic carbocycles. The summed E-state index contributed by atoms with van der Waals surface area (Å²) in [6.45, 7) is 7.89.